The van der Waals surface area contributed by atoms with Gasteiger partial charge in [-0.2, -0.15) is 0 Å². The number of nitrogens with zero attached hydrogens (tertiary/aromatic N) is 1. The Labute approximate surface area is 101 Å². The SMILES string of the molecule is O=C(CO)c1ccccc1CN1CCOCC1. The van der Waals surface area contributed by atoms with E-state index in [2.05, 4.69) is 4.90 Å². The van der Waals surface area contributed by atoms with Gasteiger partial charge in [-0.25, -0.2) is 0 Å². The van der Waals surface area contributed by atoms with Crippen LogP contribution >= 0.6 is 0 Å². The normalized spacial score (nSPS) is 17.0. The Kier molecular flexibility index (Phi) is 4.25. The average molecular weight is 235 g/mol. The second kappa shape index (κ2) is 5.91. The van der Waals surface area contributed by atoms with Crippen LogP contribution in [0.3, 0.4) is 0 Å². The fourth-order valence-electron chi connectivity index (χ4n) is 2.02. The molecule has 0 unspecified atom stereocenters. The molecule has 1 saturated heterocycles. The predicted octanol–water partition coefficient (Wildman–Crippen LogP) is 0.694. The second-order valence-corrected chi connectivity index (χ2v) is 4.13. The highest BCUT2D eigenvalue weighted by Crippen LogP contribution is 2.13. The molecule has 2 rings (SSSR count). The molecule has 1 aromatic rings. The van der Waals surface area contributed by atoms with Crippen molar-refractivity contribution in [1.29, 1.82) is 0 Å². The van der Waals surface area contributed by atoms with E-state index < -0.39 is 6.61 Å². The first-order chi connectivity index (χ1) is 8.31. The van der Waals surface area contributed by atoms with Crippen LogP contribution in [-0.2, 0) is 11.3 Å². The minimum absolute atomic E-state index is 0.214. The van der Waals surface area contributed by atoms with Crippen molar-refractivity contribution in [3.05, 3.63) is 35.4 Å². The summed E-state index contributed by atoms with van der Waals surface area (Å²) in [5.41, 5.74) is 1.61. The van der Waals surface area contributed by atoms with E-state index in [9.17, 15) is 4.79 Å². The Balaban J connectivity index is 2.11. The second-order valence-electron chi connectivity index (χ2n) is 4.13. The van der Waals surface area contributed by atoms with E-state index in [-0.39, 0.29) is 5.78 Å². The van der Waals surface area contributed by atoms with Gasteiger partial charge in [-0.3, -0.25) is 9.69 Å². The van der Waals surface area contributed by atoms with Gasteiger partial charge in [0.2, 0.25) is 0 Å². The number of Topliss-reactive ketones (excluding diaryl/α,β-unsaturated/α-hetero) is 1. The standard InChI is InChI=1S/C13H17NO3/c15-10-13(16)12-4-2-1-3-11(12)9-14-5-7-17-8-6-14/h1-4,15H,5-10H2. The molecular formula is C13H17NO3. The number of benzene rings is 1. The highest BCUT2D eigenvalue weighted by molar-refractivity contribution is 5.98. The van der Waals surface area contributed by atoms with Crippen molar-refractivity contribution in [1.82, 2.24) is 4.90 Å². The summed E-state index contributed by atoms with van der Waals surface area (Å²) in [6.07, 6.45) is 0. The van der Waals surface area contributed by atoms with Crippen LogP contribution in [0.2, 0.25) is 0 Å². The molecule has 0 bridgehead atoms. The van der Waals surface area contributed by atoms with Gasteiger partial charge in [-0.05, 0) is 5.56 Å². The summed E-state index contributed by atoms with van der Waals surface area (Å²) in [6.45, 7) is 3.58. The van der Waals surface area contributed by atoms with E-state index in [1.807, 2.05) is 18.2 Å². The molecule has 17 heavy (non-hydrogen) atoms. The first-order valence-corrected chi connectivity index (χ1v) is 5.83. The molecule has 1 aromatic carbocycles. The quantitative estimate of drug-likeness (QED) is 0.780. The third-order valence-corrected chi connectivity index (χ3v) is 2.96. The highest BCUT2D eigenvalue weighted by atomic mass is 16.5. The monoisotopic (exact) mass is 235 g/mol. The molecule has 4 heteroatoms. The van der Waals surface area contributed by atoms with Crippen LogP contribution in [0.4, 0.5) is 0 Å². The lowest BCUT2D eigenvalue weighted by Gasteiger charge is -2.27. The van der Waals surface area contributed by atoms with Crippen molar-refractivity contribution in [3.63, 3.8) is 0 Å². The number of ketones is 1. The largest absolute Gasteiger partial charge is 0.388 e. The molecule has 4 nitrogen and oxygen atoms in total. The van der Waals surface area contributed by atoms with Gasteiger partial charge < -0.3 is 9.84 Å². The third kappa shape index (κ3) is 3.12. The Morgan fingerprint density at radius 1 is 1.29 bits per heavy atom. The molecule has 1 heterocycles. The summed E-state index contributed by atoms with van der Waals surface area (Å²) in [5.74, 6) is -0.214. The van der Waals surface area contributed by atoms with Crippen LogP contribution in [0.15, 0.2) is 24.3 Å². The lowest BCUT2D eigenvalue weighted by molar-refractivity contribution is 0.0340. The topological polar surface area (TPSA) is 49.8 Å². The van der Waals surface area contributed by atoms with Crippen LogP contribution in [0, 0.1) is 0 Å². The van der Waals surface area contributed by atoms with Gasteiger partial charge in [0.15, 0.2) is 5.78 Å². The number of hydrogen-bond donors (Lipinski definition) is 1. The molecule has 1 aliphatic rings. The van der Waals surface area contributed by atoms with Crippen LogP contribution < -0.4 is 0 Å². The van der Waals surface area contributed by atoms with E-state index in [1.165, 1.54) is 0 Å². The van der Waals surface area contributed by atoms with Crippen molar-refractivity contribution in [3.8, 4) is 0 Å². The maximum atomic E-state index is 11.6. The zero-order valence-electron chi connectivity index (χ0n) is 9.76. The van der Waals surface area contributed by atoms with E-state index in [1.54, 1.807) is 6.07 Å². The highest BCUT2D eigenvalue weighted by Gasteiger charge is 2.15. The third-order valence-electron chi connectivity index (χ3n) is 2.96. The minimum atomic E-state index is -0.430. The first-order valence-electron chi connectivity index (χ1n) is 5.83. The summed E-state index contributed by atoms with van der Waals surface area (Å²) in [4.78, 5) is 13.8. The molecule has 1 aliphatic heterocycles. The summed E-state index contributed by atoms with van der Waals surface area (Å²) in [6, 6.07) is 7.46. The van der Waals surface area contributed by atoms with Gasteiger partial charge in [-0.15, -0.1) is 0 Å². The Morgan fingerprint density at radius 2 is 2.00 bits per heavy atom. The Morgan fingerprint density at radius 3 is 2.71 bits per heavy atom. The Bertz CT molecular complexity index is 386. The molecule has 0 radical (unpaired) electrons. The molecule has 0 aliphatic carbocycles. The fourth-order valence-corrected chi connectivity index (χ4v) is 2.02. The van der Waals surface area contributed by atoms with Crippen LogP contribution in [0.25, 0.3) is 0 Å². The summed E-state index contributed by atoms with van der Waals surface area (Å²) >= 11 is 0. The van der Waals surface area contributed by atoms with Gasteiger partial charge in [0.1, 0.15) is 6.61 Å². The van der Waals surface area contributed by atoms with Gasteiger partial charge >= 0.3 is 0 Å². The smallest absolute Gasteiger partial charge is 0.188 e. The molecule has 1 fully saturated rings. The van der Waals surface area contributed by atoms with Crippen molar-refractivity contribution in [2.24, 2.45) is 0 Å². The summed E-state index contributed by atoms with van der Waals surface area (Å²) in [7, 11) is 0. The number of carbonyl (C=O) groups excluding carboxylic acids is 1. The van der Waals surface area contributed by atoms with Crippen molar-refractivity contribution >= 4 is 5.78 Å². The Hall–Kier alpha value is -1.23. The van der Waals surface area contributed by atoms with Gasteiger partial charge in [0.05, 0.1) is 13.2 Å². The first kappa shape index (κ1) is 12.2. The number of aliphatic hydroxyl groups is 1. The van der Waals surface area contributed by atoms with Crippen LogP contribution in [-0.4, -0.2) is 48.7 Å². The maximum absolute atomic E-state index is 11.6. The number of morpholine rings is 1. The lowest BCUT2D eigenvalue weighted by Crippen LogP contribution is -2.36. The zero-order valence-corrected chi connectivity index (χ0v) is 9.76. The zero-order chi connectivity index (χ0) is 12.1. The molecule has 0 saturated carbocycles. The number of rotatable bonds is 4. The molecule has 0 aromatic heterocycles. The maximum Gasteiger partial charge on any atom is 0.188 e. The number of ether oxygens (including phenoxy) is 1. The molecule has 1 N–H and O–H groups in total. The molecule has 0 spiro atoms. The molecule has 92 valence electrons. The molecule has 0 atom stereocenters. The number of hydrogen-bond acceptors (Lipinski definition) is 4. The summed E-state index contributed by atoms with van der Waals surface area (Å²) < 4.78 is 5.29. The molecule has 0 amide bonds. The number of carbonyl (C=O) groups is 1. The summed E-state index contributed by atoms with van der Waals surface area (Å²) in [5, 5.41) is 8.94. The van der Waals surface area contributed by atoms with Crippen molar-refractivity contribution in [2.45, 2.75) is 6.54 Å². The molecular weight excluding hydrogens is 218 g/mol. The van der Waals surface area contributed by atoms with E-state index in [4.69, 9.17) is 9.84 Å². The van der Waals surface area contributed by atoms with Gasteiger partial charge in [0, 0.05) is 25.2 Å². The van der Waals surface area contributed by atoms with E-state index >= 15 is 0 Å². The van der Waals surface area contributed by atoms with Gasteiger partial charge in [-0.1, -0.05) is 24.3 Å². The van der Waals surface area contributed by atoms with E-state index in [0.717, 1.165) is 38.4 Å². The van der Waals surface area contributed by atoms with Crippen molar-refractivity contribution < 1.29 is 14.6 Å². The number of aliphatic hydroxyl groups excluding tert-OH is 1. The van der Waals surface area contributed by atoms with Crippen LogP contribution in [0.5, 0.6) is 0 Å². The average Bonchev–Trinajstić information content (AvgIpc) is 2.40. The van der Waals surface area contributed by atoms with Crippen molar-refractivity contribution in [2.75, 3.05) is 32.9 Å². The lowest BCUT2D eigenvalue weighted by atomic mass is 10.0. The van der Waals surface area contributed by atoms with Gasteiger partial charge in [0.25, 0.3) is 0 Å². The minimum Gasteiger partial charge on any atom is -0.388 e. The van der Waals surface area contributed by atoms with Crippen LogP contribution in [0.1, 0.15) is 15.9 Å². The fraction of sp³-hybridized carbons (Fsp3) is 0.462. The van der Waals surface area contributed by atoms with E-state index in [0.29, 0.717) is 5.56 Å². The predicted molar refractivity (Wildman–Crippen MR) is 64.0 cm³/mol.